The average Bonchev–Trinajstić information content (AvgIpc) is 3.42. The molecule has 3 heterocycles. The van der Waals surface area contributed by atoms with Crippen LogP contribution in [0.4, 0.5) is 0 Å². The first-order chi connectivity index (χ1) is 19.2. The normalized spacial score (nSPS) is 23.2. The fraction of sp³-hybridized carbons (Fsp3) is 0.379. The van der Waals surface area contributed by atoms with E-state index >= 15 is 0 Å². The van der Waals surface area contributed by atoms with Crippen LogP contribution in [0.2, 0.25) is 0 Å². The van der Waals surface area contributed by atoms with Crippen LogP contribution in [0.5, 0.6) is 28.7 Å². The molecule has 0 N–H and O–H groups in total. The van der Waals surface area contributed by atoms with Crippen molar-refractivity contribution in [1.29, 1.82) is 0 Å². The van der Waals surface area contributed by atoms with Crippen LogP contribution in [0.3, 0.4) is 0 Å². The highest BCUT2D eigenvalue weighted by Crippen LogP contribution is 2.54. The van der Waals surface area contributed by atoms with Crippen molar-refractivity contribution >= 4 is 10.0 Å². The highest BCUT2D eigenvalue weighted by molar-refractivity contribution is 7.89. The zero-order chi connectivity index (χ0) is 28.2. The second-order valence-electron chi connectivity index (χ2n) is 10.2. The van der Waals surface area contributed by atoms with Gasteiger partial charge in [0.25, 0.3) is 0 Å². The van der Waals surface area contributed by atoms with Crippen molar-refractivity contribution in [2.45, 2.75) is 42.7 Å². The fourth-order valence-electron chi connectivity index (χ4n) is 5.67. The van der Waals surface area contributed by atoms with Gasteiger partial charge in [0, 0.05) is 0 Å². The molecule has 1 saturated heterocycles. The van der Waals surface area contributed by atoms with Crippen LogP contribution in [-0.2, 0) is 19.5 Å². The topological polar surface area (TPSA) is 102 Å². The highest BCUT2D eigenvalue weighted by Gasteiger charge is 2.53. The van der Waals surface area contributed by atoms with Crippen molar-refractivity contribution < 1.29 is 41.6 Å². The first-order valence-electron chi connectivity index (χ1n) is 12.8. The van der Waals surface area contributed by atoms with Crippen LogP contribution in [0.1, 0.15) is 42.7 Å². The van der Waals surface area contributed by atoms with Crippen molar-refractivity contribution in [2.24, 2.45) is 0 Å². The monoisotopic (exact) mass is 569 g/mol. The standard InChI is InChI=1S/C29H31NO9S/c1-29(2)38-15-21-27(39-29)20-14-23-22(36-16-37-23)13-19(20)26(30(21)40(31,32)18-9-7-6-8-10-18)17-11-24(33-3)28(35-5)25(12-17)34-4/h6-14,21,26-27H,15-16H2,1-5H3/t21-,26-,27-/m1/s1. The Morgan fingerprint density at radius 3 is 2.10 bits per heavy atom. The van der Waals surface area contributed by atoms with E-state index in [2.05, 4.69) is 0 Å². The predicted octanol–water partition coefficient (Wildman–Crippen LogP) is 4.43. The second kappa shape index (κ2) is 9.84. The summed E-state index contributed by atoms with van der Waals surface area (Å²) >= 11 is 0. The molecule has 3 aromatic rings. The molecular formula is C29H31NO9S. The third-order valence-electron chi connectivity index (χ3n) is 7.44. The molecule has 0 bridgehead atoms. The van der Waals surface area contributed by atoms with Gasteiger partial charge >= 0.3 is 0 Å². The Hall–Kier alpha value is -3.51. The predicted molar refractivity (Wildman–Crippen MR) is 144 cm³/mol. The van der Waals surface area contributed by atoms with E-state index in [1.165, 1.54) is 25.6 Å². The molecule has 0 aromatic heterocycles. The lowest BCUT2D eigenvalue weighted by molar-refractivity contribution is -0.295. The molecule has 3 aromatic carbocycles. The summed E-state index contributed by atoms with van der Waals surface area (Å²) in [5, 5.41) is 0. The zero-order valence-electron chi connectivity index (χ0n) is 22.9. The highest BCUT2D eigenvalue weighted by atomic mass is 32.2. The van der Waals surface area contributed by atoms with Gasteiger partial charge in [-0.3, -0.25) is 0 Å². The van der Waals surface area contributed by atoms with Crippen molar-refractivity contribution in [3.05, 3.63) is 71.3 Å². The second-order valence-corrected chi connectivity index (χ2v) is 12.0. The number of hydrogen-bond donors (Lipinski definition) is 0. The molecule has 0 aliphatic carbocycles. The van der Waals surface area contributed by atoms with E-state index in [9.17, 15) is 8.42 Å². The molecule has 212 valence electrons. The van der Waals surface area contributed by atoms with Gasteiger partial charge < -0.3 is 33.2 Å². The molecule has 11 heteroatoms. The number of nitrogens with zero attached hydrogens (tertiary/aromatic N) is 1. The molecule has 1 fully saturated rings. The molecule has 10 nitrogen and oxygen atoms in total. The van der Waals surface area contributed by atoms with Gasteiger partial charge in [0.15, 0.2) is 28.8 Å². The average molecular weight is 570 g/mol. The van der Waals surface area contributed by atoms with E-state index in [-0.39, 0.29) is 18.3 Å². The summed E-state index contributed by atoms with van der Waals surface area (Å²) < 4.78 is 71.3. The van der Waals surface area contributed by atoms with Gasteiger partial charge in [0.1, 0.15) is 6.10 Å². The van der Waals surface area contributed by atoms with E-state index in [1.54, 1.807) is 42.5 Å². The summed E-state index contributed by atoms with van der Waals surface area (Å²) in [6.07, 6.45) is -0.634. The van der Waals surface area contributed by atoms with Crippen LogP contribution < -0.4 is 23.7 Å². The van der Waals surface area contributed by atoms with Crippen molar-refractivity contribution in [1.82, 2.24) is 4.31 Å². The summed E-state index contributed by atoms with van der Waals surface area (Å²) in [5.41, 5.74) is 2.10. The lowest BCUT2D eigenvalue weighted by Crippen LogP contribution is -2.57. The first-order valence-corrected chi connectivity index (χ1v) is 14.3. The maximum atomic E-state index is 14.5. The molecule has 0 unspecified atom stereocenters. The molecular weight excluding hydrogens is 538 g/mol. The Morgan fingerprint density at radius 1 is 0.875 bits per heavy atom. The van der Waals surface area contributed by atoms with Crippen LogP contribution in [-0.4, -0.2) is 59.3 Å². The van der Waals surface area contributed by atoms with Gasteiger partial charge in [-0.1, -0.05) is 18.2 Å². The molecule has 3 aliphatic rings. The molecule has 40 heavy (non-hydrogen) atoms. The maximum Gasteiger partial charge on any atom is 0.244 e. The van der Waals surface area contributed by atoms with E-state index in [0.29, 0.717) is 39.9 Å². The number of fused-ring (bicyclic) bond motifs is 4. The van der Waals surface area contributed by atoms with Gasteiger partial charge in [-0.25, -0.2) is 8.42 Å². The van der Waals surface area contributed by atoms with Gasteiger partial charge in [-0.2, -0.15) is 4.31 Å². The van der Waals surface area contributed by atoms with Gasteiger partial charge in [0.2, 0.25) is 22.6 Å². The van der Waals surface area contributed by atoms with Crippen molar-refractivity contribution in [2.75, 3.05) is 34.7 Å². The van der Waals surface area contributed by atoms with Crippen LogP contribution in [0, 0.1) is 0 Å². The number of rotatable bonds is 6. The van der Waals surface area contributed by atoms with Gasteiger partial charge in [-0.05, 0) is 66.9 Å². The fourth-order valence-corrected chi connectivity index (χ4v) is 7.46. The van der Waals surface area contributed by atoms with E-state index in [1.807, 2.05) is 26.0 Å². The smallest absolute Gasteiger partial charge is 0.244 e. The SMILES string of the molecule is COc1cc([C@@H]2c3cc4c(cc3[C@H]3OC(C)(C)OC[C@H]3N2S(=O)(=O)c2ccccc2)OCO4)cc(OC)c1OC. The number of hydrogen-bond acceptors (Lipinski definition) is 9. The Labute approximate surface area is 233 Å². The van der Waals surface area contributed by atoms with E-state index < -0.39 is 34.0 Å². The summed E-state index contributed by atoms with van der Waals surface area (Å²) in [7, 11) is 0.472. The van der Waals surface area contributed by atoms with Crippen LogP contribution >= 0.6 is 0 Å². The van der Waals surface area contributed by atoms with Crippen molar-refractivity contribution in [3.63, 3.8) is 0 Å². The summed E-state index contributed by atoms with van der Waals surface area (Å²) in [4.78, 5) is 0.153. The van der Waals surface area contributed by atoms with Crippen LogP contribution in [0.15, 0.2) is 59.5 Å². The van der Waals surface area contributed by atoms with Gasteiger partial charge in [-0.15, -0.1) is 0 Å². The minimum absolute atomic E-state index is 0.0721. The first kappa shape index (κ1) is 26.7. The van der Waals surface area contributed by atoms with Gasteiger partial charge in [0.05, 0.1) is 44.9 Å². The Bertz CT molecular complexity index is 1520. The molecule has 0 radical (unpaired) electrons. The quantitative estimate of drug-likeness (QED) is 0.427. The summed E-state index contributed by atoms with van der Waals surface area (Å²) in [5.74, 6) is 1.37. The Morgan fingerprint density at radius 2 is 1.50 bits per heavy atom. The maximum absolute atomic E-state index is 14.5. The van der Waals surface area contributed by atoms with Crippen molar-refractivity contribution in [3.8, 4) is 28.7 Å². The third kappa shape index (κ3) is 4.24. The third-order valence-corrected chi connectivity index (χ3v) is 9.35. The number of ether oxygens (including phenoxy) is 7. The minimum Gasteiger partial charge on any atom is -0.493 e. The molecule has 0 saturated carbocycles. The Kier molecular flexibility index (Phi) is 6.57. The lowest BCUT2D eigenvalue weighted by atomic mass is 9.83. The number of methoxy groups -OCH3 is 3. The number of benzene rings is 3. The largest absolute Gasteiger partial charge is 0.493 e. The minimum atomic E-state index is -4.09. The molecule has 0 spiro atoms. The molecule has 0 amide bonds. The molecule has 3 aliphatic heterocycles. The summed E-state index contributed by atoms with van der Waals surface area (Å²) in [6.45, 7) is 3.82. The molecule has 3 atom stereocenters. The summed E-state index contributed by atoms with van der Waals surface area (Å²) in [6, 6.07) is 14.1. The number of sulfonamides is 1. The van der Waals surface area contributed by atoms with Crippen LogP contribution in [0.25, 0.3) is 0 Å². The zero-order valence-corrected chi connectivity index (χ0v) is 23.7. The van der Waals surface area contributed by atoms with E-state index in [0.717, 1.165) is 5.56 Å². The molecule has 6 rings (SSSR count). The lowest BCUT2D eigenvalue weighted by Gasteiger charge is -2.51. The van der Waals surface area contributed by atoms with E-state index in [4.69, 9.17) is 33.2 Å². The Balaban J connectivity index is 1.66.